The zero-order valence-corrected chi connectivity index (χ0v) is 12.1. The molecule has 0 aliphatic heterocycles. The number of pyridine rings is 1. The van der Waals surface area contributed by atoms with Gasteiger partial charge in [-0.1, -0.05) is 30.3 Å². The quantitative estimate of drug-likeness (QED) is 0.752. The van der Waals surface area contributed by atoms with Crippen LogP contribution in [0.5, 0.6) is 0 Å². The maximum absolute atomic E-state index is 9.38. The number of aliphatic hydroxyl groups is 1. The van der Waals surface area contributed by atoms with Crippen LogP contribution in [0.4, 0.5) is 0 Å². The fraction of sp³-hybridized carbons (Fsp3) is 0.133. The predicted molar refractivity (Wildman–Crippen MR) is 82.0 cm³/mol. The molecule has 21 heavy (non-hydrogen) atoms. The fourth-order valence-electron chi connectivity index (χ4n) is 2.16. The Bertz CT molecular complexity index is 780. The number of hydrogen-bond acceptors (Lipinski definition) is 4. The SMILES string of the molecule is OCn1nc(-c2ccncc2)n(Cc2ccccc2)c1=S. The molecule has 0 fully saturated rings. The third-order valence-corrected chi connectivity index (χ3v) is 3.61. The summed E-state index contributed by atoms with van der Waals surface area (Å²) in [6.07, 6.45) is 3.42. The van der Waals surface area contributed by atoms with E-state index in [1.807, 2.05) is 47.0 Å². The Morgan fingerprint density at radius 2 is 1.76 bits per heavy atom. The second kappa shape index (κ2) is 5.99. The summed E-state index contributed by atoms with van der Waals surface area (Å²) in [5.41, 5.74) is 2.04. The van der Waals surface area contributed by atoms with E-state index < -0.39 is 0 Å². The predicted octanol–water partition coefficient (Wildman–Crippen LogP) is 2.47. The van der Waals surface area contributed by atoms with Crippen molar-refractivity contribution < 1.29 is 5.11 Å². The van der Waals surface area contributed by atoms with Gasteiger partial charge in [0.2, 0.25) is 4.77 Å². The van der Waals surface area contributed by atoms with Crippen molar-refractivity contribution in [2.24, 2.45) is 0 Å². The molecule has 0 unspecified atom stereocenters. The van der Waals surface area contributed by atoms with Gasteiger partial charge in [-0.25, -0.2) is 4.68 Å². The second-order valence-corrected chi connectivity index (χ2v) is 4.92. The highest BCUT2D eigenvalue weighted by Gasteiger charge is 2.12. The van der Waals surface area contributed by atoms with Gasteiger partial charge in [0.15, 0.2) is 5.82 Å². The highest BCUT2D eigenvalue weighted by atomic mass is 32.1. The Morgan fingerprint density at radius 1 is 1.05 bits per heavy atom. The van der Waals surface area contributed by atoms with Gasteiger partial charge >= 0.3 is 0 Å². The molecule has 0 spiro atoms. The molecule has 0 bridgehead atoms. The molecule has 0 aliphatic rings. The topological polar surface area (TPSA) is 55.9 Å². The number of hydrogen-bond donors (Lipinski definition) is 1. The molecule has 106 valence electrons. The molecular formula is C15H14N4OS. The lowest BCUT2D eigenvalue weighted by Crippen LogP contribution is -2.03. The van der Waals surface area contributed by atoms with Crippen LogP contribution >= 0.6 is 12.2 Å². The summed E-state index contributed by atoms with van der Waals surface area (Å²) < 4.78 is 3.82. The zero-order chi connectivity index (χ0) is 14.7. The smallest absolute Gasteiger partial charge is 0.200 e. The fourth-order valence-corrected chi connectivity index (χ4v) is 2.41. The van der Waals surface area contributed by atoms with Crippen molar-refractivity contribution in [2.75, 3.05) is 0 Å². The van der Waals surface area contributed by atoms with E-state index in [0.29, 0.717) is 11.3 Å². The summed E-state index contributed by atoms with van der Waals surface area (Å²) in [7, 11) is 0. The van der Waals surface area contributed by atoms with Gasteiger partial charge < -0.3 is 5.11 Å². The van der Waals surface area contributed by atoms with Crippen LogP contribution in [0.1, 0.15) is 5.56 Å². The maximum atomic E-state index is 9.38. The largest absolute Gasteiger partial charge is 0.374 e. The summed E-state index contributed by atoms with van der Waals surface area (Å²) >= 11 is 5.40. The van der Waals surface area contributed by atoms with Gasteiger partial charge in [0.25, 0.3) is 0 Å². The van der Waals surface area contributed by atoms with Crippen LogP contribution in [0.15, 0.2) is 54.9 Å². The van der Waals surface area contributed by atoms with Gasteiger partial charge in [-0.05, 0) is 29.9 Å². The van der Waals surface area contributed by atoms with Gasteiger partial charge in [-0.15, -0.1) is 5.10 Å². The van der Waals surface area contributed by atoms with Crippen molar-refractivity contribution in [3.05, 3.63) is 65.2 Å². The summed E-state index contributed by atoms with van der Waals surface area (Å²) in [4.78, 5) is 4.01. The van der Waals surface area contributed by atoms with Crippen LogP contribution in [0.25, 0.3) is 11.4 Å². The van der Waals surface area contributed by atoms with E-state index in [1.165, 1.54) is 4.68 Å². The molecule has 1 N–H and O–H groups in total. The molecule has 0 saturated heterocycles. The van der Waals surface area contributed by atoms with Gasteiger partial charge in [-0.3, -0.25) is 9.55 Å². The monoisotopic (exact) mass is 298 g/mol. The highest BCUT2D eigenvalue weighted by molar-refractivity contribution is 7.71. The Labute approximate surface area is 127 Å². The number of rotatable bonds is 4. The van der Waals surface area contributed by atoms with Gasteiger partial charge in [-0.2, -0.15) is 0 Å². The first-order valence-electron chi connectivity index (χ1n) is 6.52. The molecule has 0 radical (unpaired) electrons. The minimum absolute atomic E-state index is 0.237. The minimum Gasteiger partial charge on any atom is -0.374 e. The summed E-state index contributed by atoms with van der Waals surface area (Å²) in [5.74, 6) is 0.723. The summed E-state index contributed by atoms with van der Waals surface area (Å²) in [6.45, 7) is 0.371. The van der Waals surface area contributed by atoms with Crippen LogP contribution in [-0.4, -0.2) is 24.4 Å². The average Bonchev–Trinajstić information content (AvgIpc) is 2.86. The standard InChI is InChI=1S/C15H14N4OS/c20-11-19-15(21)18(10-12-4-2-1-3-5-12)14(17-19)13-6-8-16-9-7-13/h1-9,20H,10-11H2. The Kier molecular flexibility index (Phi) is 3.89. The lowest BCUT2D eigenvalue weighted by Gasteiger charge is -2.06. The number of aromatic nitrogens is 4. The molecule has 2 heterocycles. The van der Waals surface area contributed by atoms with E-state index in [2.05, 4.69) is 10.1 Å². The molecule has 3 rings (SSSR count). The molecular weight excluding hydrogens is 284 g/mol. The van der Waals surface area contributed by atoms with E-state index in [0.717, 1.165) is 17.0 Å². The van der Waals surface area contributed by atoms with E-state index in [-0.39, 0.29) is 6.73 Å². The molecule has 5 nitrogen and oxygen atoms in total. The van der Waals surface area contributed by atoms with Gasteiger partial charge in [0.05, 0.1) is 6.54 Å². The van der Waals surface area contributed by atoms with E-state index >= 15 is 0 Å². The molecule has 0 atom stereocenters. The van der Waals surface area contributed by atoms with Crippen molar-refractivity contribution >= 4 is 12.2 Å². The van der Waals surface area contributed by atoms with E-state index in [9.17, 15) is 5.11 Å². The zero-order valence-electron chi connectivity index (χ0n) is 11.3. The summed E-state index contributed by atoms with van der Waals surface area (Å²) in [6, 6.07) is 13.8. The van der Waals surface area contributed by atoms with E-state index in [1.54, 1.807) is 12.4 Å². The van der Waals surface area contributed by atoms with Crippen LogP contribution in [0, 0.1) is 4.77 Å². The van der Waals surface area contributed by atoms with E-state index in [4.69, 9.17) is 12.2 Å². The summed E-state index contributed by atoms with van der Waals surface area (Å²) in [5, 5.41) is 13.8. The average molecular weight is 298 g/mol. The molecule has 0 amide bonds. The lowest BCUT2D eigenvalue weighted by atomic mass is 10.2. The molecule has 2 aromatic heterocycles. The molecule has 0 aliphatic carbocycles. The van der Waals surface area contributed by atoms with Crippen molar-refractivity contribution in [3.8, 4) is 11.4 Å². The Morgan fingerprint density at radius 3 is 2.43 bits per heavy atom. The number of nitrogens with zero attached hydrogens (tertiary/aromatic N) is 4. The van der Waals surface area contributed by atoms with Crippen molar-refractivity contribution in [3.63, 3.8) is 0 Å². The van der Waals surface area contributed by atoms with Crippen LogP contribution in [-0.2, 0) is 13.3 Å². The van der Waals surface area contributed by atoms with Gasteiger partial charge in [0.1, 0.15) is 6.73 Å². The van der Waals surface area contributed by atoms with Crippen LogP contribution in [0.2, 0.25) is 0 Å². The van der Waals surface area contributed by atoms with Crippen molar-refractivity contribution in [1.82, 2.24) is 19.3 Å². The first kappa shape index (κ1) is 13.7. The van der Waals surface area contributed by atoms with Crippen molar-refractivity contribution in [1.29, 1.82) is 0 Å². The second-order valence-electron chi connectivity index (χ2n) is 4.55. The minimum atomic E-state index is -0.237. The third-order valence-electron chi connectivity index (χ3n) is 3.18. The molecule has 0 saturated carbocycles. The van der Waals surface area contributed by atoms with Crippen LogP contribution in [0.3, 0.4) is 0 Å². The molecule has 3 aromatic rings. The third kappa shape index (κ3) is 2.76. The Hall–Kier alpha value is -2.31. The normalized spacial score (nSPS) is 10.7. The highest BCUT2D eigenvalue weighted by Crippen LogP contribution is 2.18. The van der Waals surface area contributed by atoms with Crippen LogP contribution < -0.4 is 0 Å². The maximum Gasteiger partial charge on any atom is 0.200 e. The molecule has 6 heteroatoms. The number of benzene rings is 1. The van der Waals surface area contributed by atoms with Gasteiger partial charge in [0, 0.05) is 18.0 Å². The first-order chi connectivity index (χ1) is 10.3. The Balaban J connectivity index is 2.10. The first-order valence-corrected chi connectivity index (χ1v) is 6.93. The lowest BCUT2D eigenvalue weighted by molar-refractivity contribution is 0.192. The number of aliphatic hydroxyl groups excluding tert-OH is 1. The molecule has 1 aromatic carbocycles. The van der Waals surface area contributed by atoms with Crippen molar-refractivity contribution in [2.45, 2.75) is 13.3 Å².